The van der Waals surface area contributed by atoms with Crippen LogP contribution in [0, 0.1) is 11.7 Å². The molecule has 21 heavy (non-hydrogen) atoms. The molecule has 0 aliphatic carbocycles. The van der Waals surface area contributed by atoms with E-state index in [4.69, 9.17) is 0 Å². The Morgan fingerprint density at radius 1 is 1.43 bits per heavy atom. The summed E-state index contributed by atoms with van der Waals surface area (Å²) in [5, 5.41) is 3.38. The van der Waals surface area contributed by atoms with Gasteiger partial charge in [-0.15, -0.1) is 0 Å². The number of carbonyl (C=O) groups excluding carboxylic acids is 1. The number of carbonyl (C=O) groups is 1. The standard InChI is InChI=1S/C17H25FN2O/c1-13(2)20(12-14-6-5-9-19-11-14)17(21)10-15-7-3-4-8-16(15)18/h3-4,7-8,13-14,19H,5-6,9-12H2,1-2H3. The topological polar surface area (TPSA) is 32.3 Å². The van der Waals surface area contributed by atoms with Crippen molar-refractivity contribution in [3.8, 4) is 0 Å². The highest BCUT2D eigenvalue weighted by atomic mass is 19.1. The lowest BCUT2D eigenvalue weighted by molar-refractivity contribution is -0.133. The highest BCUT2D eigenvalue weighted by Crippen LogP contribution is 2.16. The van der Waals surface area contributed by atoms with Crippen molar-refractivity contribution in [3.05, 3.63) is 35.6 Å². The van der Waals surface area contributed by atoms with Crippen LogP contribution in [0.2, 0.25) is 0 Å². The van der Waals surface area contributed by atoms with Crippen LogP contribution in [0.15, 0.2) is 24.3 Å². The van der Waals surface area contributed by atoms with Gasteiger partial charge in [-0.2, -0.15) is 0 Å². The zero-order chi connectivity index (χ0) is 15.2. The van der Waals surface area contributed by atoms with Crippen LogP contribution in [0.5, 0.6) is 0 Å². The molecule has 1 saturated heterocycles. The van der Waals surface area contributed by atoms with E-state index in [-0.39, 0.29) is 24.2 Å². The number of hydrogen-bond acceptors (Lipinski definition) is 2. The molecule has 1 unspecified atom stereocenters. The van der Waals surface area contributed by atoms with Gasteiger partial charge in [-0.1, -0.05) is 18.2 Å². The molecule has 1 aromatic rings. The quantitative estimate of drug-likeness (QED) is 0.905. The monoisotopic (exact) mass is 292 g/mol. The van der Waals surface area contributed by atoms with E-state index < -0.39 is 0 Å². The van der Waals surface area contributed by atoms with Gasteiger partial charge in [-0.3, -0.25) is 4.79 Å². The van der Waals surface area contributed by atoms with Gasteiger partial charge in [0.15, 0.2) is 0 Å². The number of hydrogen-bond donors (Lipinski definition) is 1. The lowest BCUT2D eigenvalue weighted by Gasteiger charge is -2.33. The lowest BCUT2D eigenvalue weighted by Crippen LogP contribution is -2.44. The van der Waals surface area contributed by atoms with Gasteiger partial charge in [0.1, 0.15) is 5.82 Å². The first-order valence-electron chi connectivity index (χ1n) is 7.81. The molecular formula is C17H25FN2O. The molecule has 1 amide bonds. The van der Waals surface area contributed by atoms with E-state index in [2.05, 4.69) is 5.32 Å². The summed E-state index contributed by atoms with van der Waals surface area (Å²) in [5.41, 5.74) is 0.481. The largest absolute Gasteiger partial charge is 0.340 e. The van der Waals surface area contributed by atoms with Crippen molar-refractivity contribution in [2.24, 2.45) is 5.92 Å². The Labute approximate surface area is 126 Å². The summed E-state index contributed by atoms with van der Waals surface area (Å²) in [7, 11) is 0. The van der Waals surface area contributed by atoms with E-state index in [1.54, 1.807) is 18.2 Å². The Kier molecular flexibility index (Phi) is 5.74. The second-order valence-electron chi connectivity index (χ2n) is 6.12. The number of benzene rings is 1. The molecule has 0 aromatic heterocycles. The van der Waals surface area contributed by atoms with Crippen LogP contribution in [0.3, 0.4) is 0 Å². The maximum absolute atomic E-state index is 13.7. The van der Waals surface area contributed by atoms with Gasteiger partial charge >= 0.3 is 0 Å². The minimum absolute atomic E-state index is 0.0145. The molecule has 3 nitrogen and oxygen atoms in total. The van der Waals surface area contributed by atoms with Crippen LogP contribution >= 0.6 is 0 Å². The molecule has 116 valence electrons. The summed E-state index contributed by atoms with van der Waals surface area (Å²) in [6, 6.07) is 6.67. The average Bonchev–Trinajstić information content (AvgIpc) is 2.48. The molecule has 0 radical (unpaired) electrons. The number of amides is 1. The van der Waals surface area contributed by atoms with E-state index in [1.165, 1.54) is 6.07 Å². The van der Waals surface area contributed by atoms with Crippen LogP contribution in [-0.4, -0.2) is 36.5 Å². The fourth-order valence-electron chi connectivity index (χ4n) is 2.86. The van der Waals surface area contributed by atoms with Gasteiger partial charge in [-0.05, 0) is 57.3 Å². The van der Waals surface area contributed by atoms with Gasteiger partial charge < -0.3 is 10.2 Å². The molecule has 4 heteroatoms. The maximum atomic E-state index is 13.7. The van der Waals surface area contributed by atoms with Crippen LogP contribution in [0.25, 0.3) is 0 Å². The summed E-state index contributed by atoms with van der Waals surface area (Å²) in [6.07, 6.45) is 2.46. The highest BCUT2D eigenvalue weighted by molar-refractivity contribution is 5.79. The van der Waals surface area contributed by atoms with Crippen molar-refractivity contribution in [2.75, 3.05) is 19.6 Å². The Balaban J connectivity index is 2.00. The highest BCUT2D eigenvalue weighted by Gasteiger charge is 2.23. The van der Waals surface area contributed by atoms with Gasteiger partial charge in [-0.25, -0.2) is 4.39 Å². The SMILES string of the molecule is CC(C)N(CC1CCCNC1)C(=O)Cc1ccccc1F. The molecule has 1 aliphatic rings. The number of piperidine rings is 1. The van der Waals surface area contributed by atoms with Gasteiger partial charge in [0, 0.05) is 12.6 Å². The summed E-state index contributed by atoms with van der Waals surface area (Å²) in [6.45, 7) is 6.85. The lowest BCUT2D eigenvalue weighted by atomic mass is 9.98. The number of nitrogens with one attached hydrogen (secondary N) is 1. The molecule has 1 fully saturated rings. The predicted molar refractivity (Wildman–Crippen MR) is 82.5 cm³/mol. The van der Waals surface area contributed by atoms with Gasteiger partial charge in [0.05, 0.1) is 6.42 Å². The first-order chi connectivity index (χ1) is 10.1. The molecule has 1 aromatic carbocycles. The zero-order valence-corrected chi connectivity index (χ0v) is 12.9. The Bertz CT molecular complexity index is 470. The van der Waals surface area contributed by atoms with Crippen LogP contribution < -0.4 is 5.32 Å². The Morgan fingerprint density at radius 3 is 2.81 bits per heavy atom. The first-order valence-corrected chi connectivity index (χ1v) is 7.81. The van der Waals surface area contributed by atoms with Crippen molar-refractivity contribution in [1.29, 1.82) is 0 Å². The van der Waals surface area contributed by atoms with Crippen molar-refractivity contribution >= 4 is 5.91 Å². The van der Waals surface area contributed by atoms with Gasteiger partial charge in [0.25, 0.3) is 0 Å². The van der Waals surface area contributed by atoms with E-state index in [1.807, 2.05) is 18.7 Å². The molecule has 0 bridgehead atoms. The van der Waals surface area contributed by atoms with Crippen LogP contribution in [0.1, 0.15) is 32.3 Å². The van der Waals surface area contributed by atoms with Crippen LogP contribution in [-0.2, 0) is 11.2 Å². The second kappa shape index (κ2) is 7.55. The number of nitrogens with zero attached hydrogens (tertiary/aromatic N) is 1. The summed E-state index contributed by atoms with van der Waals surface area (Å²) >= 11 is 0. The van der Waals surface area contributed by atoms with Gasteiger partial charge in [0.2, 0.25) is 5.91 Å². The fraction of sp³-hybridized carbons (Fsp3) is 0.588. The second-order valence-corrected chi connectivity index (χ2v) is 6.12. The molecule has 2 rings (SSSR count). The smallest absolute Gasteiger partial charge is 0.227 e. The Hall–Kier alpha value is -1.42. The molecule has 0 spiro atoms. The van der Waals surface area contributed by atoms with Crippen molar-refractivity contribution in [2.45, 2.75) is 39.2 Å². The maximum Gasteiger partial charge on any atom is 0.227 e. The normalized spacial score (nSPS) is 18.8. The fourth-order valence-corrected chi connectivity index (χ4v) is 2.86. The summed E-state index contributed by atoms with van der Waals surface area (Å²) in [5.74, 6) is 0.222. The van der Waals surface area contributed by atoms with Crippen LogP contribution in [0.4, 0.5) is 4.39 Å². The number of rotatable bonds is 5. The molecule has 0 saturated carbocycles. The van der Waals surface area contributed by atoms with E-state index >= 15 is 0 Å². The zero-order valence-electron chi connectivity index (χ0n) is 12.9. The average molecular weight is 292 g/mol. The van der Waals surface area contributed by atoms with E-state index in [0.29, 0.717) is 11.5 Å². The molecular weight excluding hydrogens is 267 g/mol. The minimum Gasteiger partial charge on any atom is -0.340 e. The van der Waals surface area contributed by atoms with Crippen molar-refractivity contribution < 1.29 is 9.18 Å². The molecule has 1 atom stereocenters. The van der Waals surface area contributed by atoms with Crippen molar-refractivity contribution in [3.63, 3.8) is 0 Å². The number of halogens is 1. The minimum atomic E-state index is -0.297. The predicted octanol–water partition coefficient (Wildman–Crippen LogP) is 2.60. The third-order valence-corrected chi connectivity index (χ3v) is 4.10. The molecule has 1 N–H and O–H groups in total. The Morgan fingerprint density at radius 2 is 2.19 bits per heavy atom. The van der Waals surface area contributed by atoms with Crippen molar-refractivity contribution in [1.82, 2.24) is 10.2 Å². The molecule has 1 aliphatic heterocycles. The third kappa shape index (κ3) is 4.53. The van der Waals surface area contributed by atoms with E-state index in [0.717, 1.165) is 32.5 Å². The summed E-state index contributed by atoms with van der Waals surface area (Å²) in [4.78, 5) is 14.4. The third-order valence-electron chi connectivity index (χ3n) is 4.10. The summed E-state index contributed by atoms with van der Waals surface area (Å²) < 4.78 is 13.7. The van der Waals surface area contributed by atoms with E-state index in [9.17, 15) is 9.18 Å². The first kappa shape index (κ1) is 16.0. The molecule has 1 heterocycles.